The van der Waals surface area contributed by atoms with Gasteiger partial charge in [-0.25, -0.2) is 4.98 Å². The summed E-state index contributed by atoms with van der Waals surface area (Å²) in [6, 6.07) is 7.71. The Labute approximate surface area is 180 Å². The molecule has 1 saturated heterocycles. The molecule has 2 aromatic rings. The largest absolute Gasteiger partial charge is 0.369 e. The molecule has 2 amide bonds. The van der Waals surface area contributed by atoms with Gasteiger partial charge in [0.2, 0.25) is 5.91 Å². The third kappa shape index (κ3) is 6.42. The van der Waals surface area contributed by atoms with Gasteiger partial charge < -0.3 is 16.8 Å². The van der Waals surface area contributed by atoms with Crippen LogP contribution in [-0.4, -0.2) is 34.8 Å². The van der Waals surface area contributed by atoms with E-state index < -0.39 is 0 Å². The molecule has 7 nitrogen and oxygen atoms in total. The molecular formula is C18H25Cl2N5O2S. The maximum Gasteiger partial charge on any atom is 0.275 e. The van der Waals surface area contributed by atoms with Crippen LogP contribution in [0.1, 0.15) is 33.9 Å². The Morgan fingerprint density at radius 3 is 2.57 bits per heavy atom. The molecule has 0 radical (unpaired) electrons. The van der Waals surface area contributed by atoms with Crippen molar-refractivity contribution in [2.24, 2.45) is 17.4 Å². The number of hydrogen-bond donors (Lipinski definition) is 3. The molecular weight excluding hydrogens is 421 g/mol. The van der Waals surface area contributed by atoms with Gasteiger partial charge in [-0.05, 0) is 37.1 Å². The highest BCUT2D eigenvalue weighted by atomic mass is 35.5. The summed E-state index contributed by atoms with van der Waals surface area (Å²) < 4.78 is 0. The van der Waals surface area contributed by atoms with Crippen LogP contribution in [0.4, 0.5) is 5.69 Å². The van der Waals surface area contributed by atoms with Gasteiger partial charge in [0, 0.05) is 30.7 Å². The first-order valence-electron chi connectivity index (χ1n) is 8.61. The third-order valence-corrected chi connectivity index (χ3v) is 5.36. The molecule has 1 aromatic heterocycles. The average molecular weight is 446 g/mol. The van der Waals surface area contributed by atoms with Crippen LogP contribution < -0.4 is 16.8 Å². The molecule has 0 saturated carbocycles. The number of likely N-dealkylation sites (tertiary alicyclic amines) is 1. The number of primary amides is 1. The Hall–Kier alpha value is -1.71. The lowest BCUT2D eigenvalue weighted by Crippen LogP contribution is -2.40. The Bertz CT molecular complexity index is 785. The Morgan fingerprint density at radius 2 is 1.96 bits per heavy atom. The van der Waals surface area contributed by atoms with Crippen LogP contribution in [0.5, 0.6) is 0 Å². The van der Waals surface area contributed by atoms with Gasteiger partial charge in [0.25, 0.3) is 5.91 Å². The minimum absolute atomic E-state index is 0. The second kappa shape index (κ2) is 11.3. The molecule has 1 aliphatic rings. The quantitative estimate of drug-likeness (QED) is 0.631. The fourth-order valence-electron chi connectivity index (χ4n) is 3.09. The van der Waals surface area contributed by atoms with Crippen LogP contribution >= 0.6 is 36.2 Å². The molecule has 3 rings (SSSR count). The second-order valence-corrected chi connectivity index (χ2v) is 7.40. The van der Waals surface area contributed by atoms with Crippen molar-refractivity contribution in [1.82, 2.24) is 9.88 Å². The number of nitrogens with two attached hydrogens (primary N) is 2. The van der Waals surface area contributed by atoms with Gasteiger partial charge >= 0.3 is 0 Å². The summed E-state index contributed by atoms with van der Waals surface area (Å²) in [6.07, 6.45) is 1.86. The number of anilines is 1. The summed E-state index contributed by atoms with van der Waals surface area (Å²) in [6.45, 7) is 2.78. The summed E-state index contributed by atoms with van der Waals surface area (Å²) in [5.74, 6) is -0.513. The van der Waals surface area contributed by atoms with Crippen molar-refractivity contribution >= 4 is 53.7 Å². The molecule has 154 valence electrons. The van der Waals surface area contributed by atoms with Crippen LogP contribution in [-0.2, 0) is 17.9 Å². The first kappa shape index (κ1) is 24.3. The monoisotopic (exact) mass is 445 g/mol. The first-order valence-corrected chi connectivity index (χ1v) is 9.49. The third-order valence-electron chi connectivity index (χ3n) is 4.48. The highest BCUT2D eigenvalue weighted by molar-refractivity contribution is 7.09. The van der Waals surface area contributed by atoms with Crippen LogP contribution in [0, 0.1) is 5.92 Å². The number of piperidine rings is 1. The maximum absolute atomic E-state index is 12.2. The fraction of sp³-hybridized carbons (Fsp3) is 0.389. The number of carbonyl (C=O) groups excluding carboxylic acids is 2. The van der Waals surface area contributed by atoms with Gasteiger partial charge in [0.05, 0.1) is 5.92 Å². The zero-order valence-electron chi connectivity index (χ0n) is 15.3. The van der Waals surface area contributed by atoms with Crippen LogP contribution in [0.3, 0.4) is 0 Å². The van der Waals surface area contributed by atoms with E-state index in [1.54, 1.807) is 5.38 Å². The van der Waals surface area contributed by atoms with Crippen molar-refractivity contribution in [3.63, 3.8) is 0 Å². The van der Waals surface area contributed by atoms with Crippen molar-refractivity contribution < 1.29 is 9.59 Å². The van der Waals surface area contributed by atoms with E-state index in [4.69, 9.17) is 11.5 Å². The number of aromatic nitrogens is 1. The molecule has 5 N–H and O–H groups in total. The van der Waals surface area contributed by atoms with E-state index in [2.05, 4.69) is 15.2 Å². The molecule has 2 heterocycles. The lowest BCUT2D eigenvalue weighted by molar-refractivity contribution is -0.123. The van der Waals surface area contributed by atoms with E-state index in [0.29, 0.717) is 18.8 Å². The molecule has 1 aliphatic heterocycles. The molecule has 10 heteroatoms. The van der Waals surface area contributed by atoms with Crippen molar-refractivity contribution in [2.75, 3.05) is 18.4 Å². The minimum atomic E-state index is -0.242. The zero-order valence-corrected chi connectivity index (χ0v) is 17.7. The number of thiazole rings is 1. The summed E-state index contributed by atoms with van der Waals surface area (Å²) in [5.41, 5.74) is 13.2. The number of halogens is 2. The number of hydrogen-bond acceptors (Lipinski definition) is 6. The number of carbonyl (C=O) groups is 2. The van der Waals surface area contributed by atoms with Gasteiger partial charge in [-0.3, -0.25) is 14.5 Å². The van der Waals surface area contributed by atoms with Gasteiger partial charge in [-0.1, -0.05) is 12.1 Å². The first-order chi connectivity index (χ1) is 12.5. The molecule has 1 aromatic carbocycles. The lowest BCUT2D eigenvalue weighted by Gasteiger charge is -2.31. The van der Waals surface area contributed by atoms with Crippen molar-refractivity contribution in [1.29, 1.82) is 0 Å². The summed E-state index contributed by atoms with van der Waals surface area (Å²) in [5, 5.41) is 5.28. The standard InChI is InChI=1S/C18H23N5O2S.2ClH/c19-8-16-22-15(11-26-16)18(25)21-14-5-3-12(4-6-14)9-23-7-1-2-13(10-23)17(20)24;;/h3-6,11,13H,1-2,7-10,19H2,(H2,20,24)(H,21,25);2*1H. The van der Waals surface area contributed by atoms with E-state index in [-0.39, 0.29) is 42.5 Å². The highest BCUT2D eigenvalue weighted by Crippen LogP contribution is 2.19. The summed E-state index contributed by atoms with van der Waals surface area (Å²) in [7, 11) is 0. The number of benzene rings is 1. The van der Waals surface area contributed by atoms with E-state index in [0.717, 1.165) is 42.2 Å². The van der Waals surface area contributed by atoms with Gasteiger partial charge in [0.15, 0.2) is 0 Å². The molecule has 1 atom stereocenters. The second-order valence-electron chi connectivity index (χ2n) is 6.46. The van der Waals surface area contributed by atoms with Crippen LogP contribution in [0.2, 0.25) is 0 Å². The topological polar surface area (TPSA) is 114 Å². The SMILES string of the molecule is Cl.Cl.NCc1nc(C(=O)Nc2ccc(CN3CCCC(C(N)=O)C3)cc2)cs1. The minimum Gasteiger partial charge on any atom is -0.369 e. The predicted molar refractivity (Wildman–Crippen MR) is 116 cm³/mol. The van der Waals surface area contributed by atoms with E-state index in [9.17, 15) is 9.59 Å². The number of nitrogens with one attached hydrogen (secondary N) is 1. The molecule has 1 unspecified atom stereocenters. The number of rotatable bonds is 6. The van der Waals surface area contributed by atoms with E-state index >= 15 is 0 Å². The highest BCUT2D eigenvalue weighted by Gasteiger charge is 2.23. The predicted octanol–water partition coefficient (Wildman–Crippen LogP) is 2.40. The van der Waals surface area contributed by atoms with Gasteiger partial charge in [-0.2, -0.15) is 0 Å². The summed E-state index contributed by atoms with van der Waals surface area (Å²) in [4.78, 5) is 30.0. The number of amides is 2. The van der Waals surface area contributed by atoms with Crippen molar-refractivity contribution in [3.8, 4) is 0 Å². The van der Waals surface area contributed by atoms with E-state index in [1.165, 1.54) is 11.3 Å². The summed E-state index contributed by atoms with van der Waals surface area (Å²) >= 11 is 1.38. The molecule has 0 aliphatic carbocycles. The maximum atomic E-state index is 12.2. The fourth-order valence-corrected chi connectivity index (χ4v) is 3.74. The Balaban J connectivity index is 0.00000196. The van der Waals surface area contributed by atoms with Crippen LogP contribution in [0.15, 0.2) is 29.6 Å². The Kier molecular flexibility index (Phi) is 9.84. The molecule has 0 spiro atoms. The average Bonchev–Trinajstić information content (AvgIpc) is 3.13. The van der Waals surface area contributed by atoms with Gasteiger partial charge in [0.1, 0.15) is 10.7 Å². The smallest absolute Gasteiger partial charge is 0.275 e. The Morgan fingerprint density at radius 1 is 1.25 bits per heavy atom. The van der Waals surface area contributed by atoms with Crippen molar-refractivity contribution in [3.05, 3.63) is 45.9 Å². The normalized spacial score (nSPS) is 16.5. The van der Waals surface area contributed by atoms with Gasteiger partial charge in [-0.15, -0.1) is 36.2 Å². The lowest BCUT2D eigenvalue weighted by atomic mass is 9.97. The molecule has 28 heavy (non-hydrogen) atoms. The molecule has 1 fully saturated rings. The van der Waals surface area contributed by atoms with Crippen LogP contribution in [0.25, 0.3) is 0 Å². The van der Waals surface area contributed by atoms with Crippen molar-refractivity contribution in [2.45, 2.75) is 25.9 Å². The van der Waals surface area contributed by atoms with E-state index in [1.807, 2.05) is 24.3 Å². The molecule has 0 bridgehead atoms. The zero-order chi connectivity index (χ0) is 18.5. The number of nitrogens with zero attached hydrogens (tertiary/aromatic N) is 2.